The standard InChI is InChI=1S/C26H28F2N4O2.C4H4O4/c27-20-8-4-18(5-9-20)23-17-30(14-12-22(23)25(33)19-6-10-21(28)11-7-19)15-16-32-26(34)31-13-2-1-3-24(31)29-32;5-3(6)1-2-4(7)8/h4-11,22-23H,1-3,12-17H2;1-2H,(H,5,6)(H,7,8)/t22-,23+;/m1./s1. The Kier molecular flexibility index (Phi) is 10.1. The maximum Gasteiger partial charge on any atom is 0.345 e. The monoisotopic (exact) mass is 582 g/mol. The Morgan fingerprint density at radius 1 is 0.881 bits per heavy atom. The number of carboxylic acids is 2. The molecule has 2 N–H and O–H groups in total. The van der Waals surface area contributed by atoms with Crippen molar-refractivity contribution >= 4 is 17.7 Å². The third-order valence-electron chi connectivity index (χ3n) is 7.49. The first-order valence-electron chi connectivity index (χ1n) is 13.7. The second-order valence-electron chi connectivity index (χ2n) is 10.3. The zero-order valence-electron chi connectivity index (χ0n) is 22.9. The van der Waals surface area contributed by atoms with E-state index in [2.05, 4.69) is 10.00 Å². The van der Waals surface area contributed by atoms with E-state index in [0.717, 1.165) is 37.2 Å². The molecule has 1 aromatic heterocycles. The Bertz CT molecular complexity index is 1480. The fourth-order valence-electron chi connectivity index (χ4n) is 5.39. The molecule has 0 spiro atoms. The van der Waals surface area contributed by atoms with Gasteiger partial charge in [-0.1, -0.05) is 12.1 Å². The molecule has 5 rings (SSSR count). The van der Waals surface area contributed by atoms with Gasteiger partial charge in [0, 0.05) is 55.6 Å². The third kappa shape index (κ3) is 7.84. The summed E-state index contributed by atoms with van der Waals surface area (Å²) in [6.45, 7) is 3.19. The van der Waals surface area contributed by atoms with E-state index < -0.39 is 11.9 Å². The van der Waals surface area contributed by atoms with Gasteiger partial charge >= 0.3 is 17.6 Å². The van der Waals surface area contributed by atoms with Gasteiger partial charge in [-0.2, -0.15) is 5.10 Å². The summed E-state index contributed by atoms with van der Waals surface area (Å²) in [5.41, 5.74) is 1.34. The summed E-state index contributed by atoms with van der Waals surface area (Å²) in [4.78, 5) is 47.3. The van der Waals surface area contributed by atoms with E-state index in [1.165, 1.54) is 36.4 Å². The number of hydrogen-bond donors (Lipinski definition) is 2. The quantitative estimate of drug-likeness (QED) is 0.305. The molecule has 42 heavy (non-hydrogen) atoms. The van der Waals surface area contributed by atoms with Gasteiger partial charge in [0.05, 0.1) is 6.54 Å². The third-order valence-corrected chi connectivity index (χ3v) is 7.49. The molecule has 12 heteroatoms. The number of aryl methyl sites for hydroxylation is 1. The Balaban J connectivity index is 0.000000446. The molecule has 0 radical (unpaired) electrons. The van der Waals surface area contributed by atoms with Crippen molar-refractivity contribution in [3.05, 3.63) is 99.8 Å². The van der Waals surface area contributed by atoms with Gasteiger partial charge < -0.3 is 15.1 Å². The molecule has 0 bridgehead atoms. The van der Waals surface area contributed by atoms with Crippen LogP contribution in [0.1, 0.15) is 46.9 Å². The van der Waals surface area contributed by atoms with Gasteiger partial charge in [-0.3, -0.25) is 9.36 Å². The van der Waals surface area contributed by atoms with Crippen molar-refractivity contribution in [3.63, 3.8) is 0 Å². The second-order valence-corrected chi connectivity index (χ2v) is 10.3. The van der Waals surface area contributed by atoms with Gasteiger partial charge in [0.15, 0.2) is 5.78 Å². The Morgan fingerprint density at radius 3 is 2.10 bits per heavy atom. The van der Waals surface area contributed by atoms with Crippen LogP contribution < -0.4 is 5.69 Å². The number of carbonyl (C=O) groups is 3. The van der Waals surface area contributed by atoms with Gasteiger partial charge in [0.25, 0.3) is 0 Å². The highest BCUT2D eigenvalue weighted by atomic mass is 19.1. The van der Waals surface area contributed by atoms with Crippen molar-refractivity contribution in [2.45, 2.75) is 44.7 Å². The summed E-state index contributed by atoms with van der Waals surface area (Å²) in [5.74, 6) is -2.77. The van der Waals surface area contributed by atoms with E-state index in [4.69, 9.17) is 10.2 Å². The number of halogens is 2. The van der Waals surface area contributed by atoms with Crippen LogP contribution in [0, 0.1) is 17.6 Å². The lowest BCUT2D eigenvalue weighted by molar-refractivity contribution is -0.134. The van der Waals surface area contributed by atoms with Gasteiger partial charge in [0.1, 0.15) is 17.5 Å². The Hall–Kier alpha value is -4.45. The van der Waals surface area contributed by atoms with Crippen LogP contribution in [0.25, 0.3) is 0 Å². The van der Waals surface area contributed by atoms with Crippen LogP contribution in [-0.2, 0) is 29.1 Å². The lowest BCUT2D eigenvalue weighted by atomic mass is 9.76. The predicted molar refractivity (Wildman–Crippen MR) is 148 cm³/mol. The smallest absolute Gasteiger partial charge is 0.345 e. The number of carbonyl (C=O) groups excluding carboxylic acids is 1. The maximum atomic E-state index is 13.6. The van der Waals surface area contributed by atoms with Crippen molar-refractivity contribution in [1.82, 2.24) is 19.2 Å². The van der Waals surface area contributed by atoms with E-state index in [9.17, 15) is 28.0 Å². The molecule has 222 valence electrons. The number of ketones is 1. The minimum absolute atomic E-state index is 0.0213. The molecule has 0 saturated carbocycles. The molecule has 10 nitrogen and oxygen atoms in total. The molecule has 2 atom stereocenters. The summed E-state index contributed by atoms with van der Waals surface area (Å²) in [5, 5.41) is 20.2. The summed E-state index contributed by atoms with van der Waals surface area (Å²) >= 11 is 0. The molecule has 0 amide bonds. The fraction of sp³-hybridized carbons (Fsp3) is 0.367. The number of fused-ring (bicyclic) bond motifs is 1. The lowest BCUT2D eigenvalue weighted by Crippen LogP contribution is -2.43. The molecule has 1 fully saturated rings. The SMILES string of the molecule is O=C(O)C=CC(=O)O.O=C(c1ccc(F)cc1)[C@@H]1CCN(CCn2nc3n(c2=O)CCCC3)C[C@H]1c1ccc(F)cc1. The number of hydrogen-bond acceptors (Lipinski definition) is 6. The zero-order chi connectivity index (χ0) is 30.2. The van der Waals surface area contributed by atoms with Crippen LogP contribution in [0.5, 0.6) is 0 Å². The summed E-state index contributed by atoms with van der Waals surface area (Å²) in [6.07, 6.45) is 4.65. The largest absolute Gasteiger partial charge is 0.478 e. The molecule has 2 aliphatic heterocycles. The van der Waals surface area contributed by atoms with Crippen LogP contribution in [0.15, 0.2) is 65.5 Å². The molecule has 0 aliphatic carbocycles. The van der Waals surface area contributed by atoms with Crippen LogP contribution >= 0.6 is 0 Å². The highest BCUT2D eigenvalue weighted by molar-refractivity contribution is 5.98. The molecule has 2 aromatic carbocycles. The van der Waals surface area contributed by atoms with E-state index >= 15 is 0 Å². The summed E-state index contributed by atoms with van der Waals surface area (Å²) < 4.78 is 30.3. The van der Waals surface area contributed by atoms with Crippen LogP contribution in [-0.4, -0.2) is 66.8 Å². The predicted octanol–water partition coefficient (Wildman–Crippen LogP) is 3.36. The number of piperidine rings is 1. The van der Waals surface area contributed by atoms with E-state index in [1.54, 1.807) is 21.4 Å². The van der Waals surface area contributed by atoms with Crippen molar-refractivity contribution < 1.29 is 33.4 Å². The first kappa shape index (κ1) is 30.5. The first-order chi connectivity index (χ1) is 20.1. The van der Waals surface area contributed by atoms with Gasteiger partial charge in [0.2, 0.25) is 0 Å². The number of rotatable bonds is 8. The molecule has 0 unspecified atom stereocenters. The number of aromatic nitrogens is 3. The highest BCUT2D eigenvalue weighted by Gasteiger charge is 2.35. The Labute approximate surface area is 240 Å². The molecular weight excluding hydrogens is 550 g/mol. The average Bonchev–Trinajstić information content (AvgIpc) is 3.31. The fourth-order valence-corrected chi connectivity index (χ4v) is 5.39. The second kappa shape index (κ2) is 13.9. The minimum Gasteiger partial charge on any atom is -0.478 e. The topological polar surface area (TPSA) is 135 Å². The number of Topliss-reactive ketones (excluding diaryl/α,β-unsaturated/α-hetero) is 1. The maximum absolute atomic E-state index is 13.6. The number of likely N-dealkylation sites (tertiary alicyclic amines) is 1. The normalized spacial score (nSPS) is 18.6. The van der Waals surface area contributed by atoms with Crippen LogP contribution in [0.4, 0.5) is 8.78 Å². The highest BCUT2D eigenvalue weighted by Crippen LogP contribution is 2.35. The molecule has 3 heterocycles. The Morgan fingerprint density at radius 2 is 1.50 bits per heavy atom. The summed E-state index contributed by atoms with van der Waals surface area (Å²) in [6, 6.07) is 12.0. The lowest BCUT2D eigenvalue weighted by Gasteiger charge is -2.38. The van der Waals surface area contributed by atoms with Crippen LogP contribution in [0.3, 0.4) is 0 Å². The number of nitrogens with zero attached hydrogens (tertiary/aromatic N) is 4. The molecule has 1 saturated heterocycles. The van der Waals surface area contributed by atoms with Crippen molar-refractivity contribution in [2.75, 3.05) is 19.6 Å². The van der Waals surface area contributed by atoms with Crippen molar-refractivity contribution in [2.24, 2.45) is 5.92 Å². The first-order valence-corrected chi connectivity index (χ1v) is 13.7. The van der Waals surface area contributed by atoms with Crippen molar-refractivity contribution in [3.8, 4) is 0 Å². The van der Waals surface area contributed by atoms with Gasteiger partial charge in [-0.15, -0.1) is 0 Å². The van der Waals surface area contributed by atoms with Gasteiger partial charge in [-0.25, -0.2) is 27.8 Å². The average molecular weight is 583 g/mol. The number of benzene rings is 2. The zero-order valence-corrected chi connectivity index (χ0v) is 22.9. The molecule has 3 aromatic rings. The minimum atomic E-state index is -1.26. The molecule has 2 aliphatic rings. The van der Waals surface area contributed by atoms with E-state index in [1.807, 2.05) is 0 Å². The van der Waals surface area contributed by atoms with E-state index in [-0.39, 0.29) is 34.9 Å². The summed E-state index contributed by atoms with van der Waals surface area (Å²) in [7, 11) is 0. The van der Waals surface area contributed by atoms with E-state index in [0.29, 0.717) is 50.3 Å². The number of carboxylic acid groups (broad SMARTS) is 2. The number of aliphatic carboxylic acids is 2. The molecular formula is C30H32F2N4O6. The van der Waals surface area contributed by atoms with Crippen LogP contribution in [0.2, 0.25) is 0 Å². The van der Waals surface area contributed by atoms with Crippen molar-refractivity contribution in [1.29, 1.82) is 0 Å². The van der Waals surface area contributed by atoms with Gasteiger partial charge in [-0.05, 0) is 67.8 Å².